The van der Waals surface area contributed by atoms with Crippen LogP contribution in [0.5, 0.6) is 0 Å². The molecular weight excluding hydrogens is 559 g/mol. The van der Waals surface area contributed by atoms with Crippen molar-refractivity contribution in [2.24, 2.45) is 5.73 Å². The number of alkyl halides is 3. The molecule has 1 atom stereocenters. The molecule has 0 radical (unpaired) electrons. The highest BCUT2D eigenvalue weighted by Crippen LogP contribution is 2.32. The van der Waals surface area contributed by atoms with Crippen molar-refractivity contribution < 1.29 is 27.5 Å². The zero-order valence-electron chi connectivity index (χ0n) is 24.9. The van der Waals surface area contributed by atoms with E-state index in [0.29, 0.717) is 18.7 Å². The van der Waals surface area contributed by atoms with Crippen molar-refractivity contribution >= 4 is 12.0 Å². The number of likely N-dealkylation sites (tertiary alicyclic amines) is 1. The van der Waals surface area contributed by atoms with Crippen molar-refractivity contribution in [3.8, 4) is 0 Å². The van der Waals surface area contributed by atoms with E-state index < -0.39 is 29.2 Å². The number of nitrogens with two attached hydrogens (primary N) is 1. The Labute approximate surface area is 249 Å². The third-order valence-corrected chi connectivity index (χ3v) is 7.58. The molecule has 8 nitrogen and oxygen atoms in total. The molecular formula is C32H38F3N5O3. The summed E-state index contributed by atoms with van der Waals surface area (Å²) in [5, 5.41) is 0. The molecule has 3 aromatic rings. The van der Waals surface area contributed by atoms with Gasteiger partial charge in [-0.25, -0.2) is 14.8 Å². The minimum Gasteiger partial charge on any atom is -0.444 e. The number of hydrogen-bond donors (Lipinski definition) is 1. The average Bonchev–Trinajstić information content (AvgIpc) is 2.95. The van der Waals surface area contributed by atoms with Crippen molar-refractivity contribution in [2.45, 2.75) is 83.4 Å². The smallest absolute Gasteiger partial charge is 0.419 e. The highest BCUT2D eigenvalue weighted by molar-refractivity contribution is 5.81. The van der Waals surface area contributed by atoms with Gasteiger partial charge in [0, 0.05) is 43.5 Å². The number of ether oxygens (including phenoxy) is 1. The van der Waals surface area contributed by atoms with Crippen LogP contribution in [0.3, 0.4) is 0 Å². The molecule has 3 heterocycles. The average molecular weight is 598 g/mol. The Hall–Kier alpha value is -4.02. The van der Waals surface area contributed by atoms with Gasteiger partial charge in [-0.3, -0.25) is 9.78 Å². The molecule has 1 aliphatic rings. The zero-order valence-corrected chi connectivity index (χ0v) is 24.9. The lowest BCUT2D eigenvalue weighted by Gasteiger charge is -2.33. The number of carbonyl (C=O) groups is 2. The van der Waals surface area contributed by atoms with Gasteiger partial charge in [-0.05, 0) is 76.1 Å². The van der Waals surface area contributed by atoms with Crippen LogP contribution in [-0.4, -0.2) is 50.5 Å². The number of aryl methyl sites for hydroxylation is 2. The Morgan fingerprint density at radius 3 is 2.33 bits per heavy atom. The van der Waals surface area contributed by atoms with E-state index in [1.54, 1.807) is 42.3 Å². The summed E-state index contributed by atoms with van der Waals surface area (Å²) in [6, 6.07) is 10.9. The molecule has 0 aliphatic carbocycles. The molecule has 1 saturated heterocycles. The minimum atomic E-state index is -4.60. The lowest BCUT2D eigenvalue weighted by atomic mass is 9.92. The Balaban J connectivity index is 1.43. The molecule has 1 unspecified atom stereocenters. The summed E-state index contributed by atoms with van der Waals surface area (Å²) in [5.41, 5.74) is 7.09. The summed E-state index contributed by atoms with van der Waals surface area (Å²) in [6.45, 7) is 8.36. The largest absolute Gasteiger partial charge is 0.444 e. The van der Waals surface area contributed by atoms with Gasteiger partial charge in [-0.15, -0.1) is 0 Å². The van der Waals surface area contributed by atoms with Crippen LogP contribution in [0.4, 0.5) is 18.0 Å². The SMILES string of the molecule is CC(C(N)=O)c1ccccc1CCc1nc(Cc2ccc(C3CCN(C(=O)OC(C)(C)C)CC3)nc2)ncc1C(F)(F)F. The van der Waals surface area contributed by atoms with Gasteiger partial charge in [0.25, 0.3) is 0 Å². The van der Waals surface area contributed by atoms with E-state index in [-0.39, 0.29) is 42.8 Å². The number of benzene rings is 1. The quantitative estimate of drug-likeness (QED) is 0.343. The second-order valence-electron chi connectivity index (χ2n) is 12.0. The topological polar surface area (TPSA) is 111 Å². The standard InChI is InChI=1S/C32H38F3N5O3/c1-20(29(36)41)24-8-6-5-7-22(24)10-12-27-25(32(33,34)35)19-38-28(39-27)17-21-9-11-26(37-18-21)23-13-15-40(16-14-23)30(42)43-31(2,3)4/h5-9,11,18-20,23H,10,12-17H2,1-4H3,(H2,36,41). The lowest BCUT2D eigenvalue weighted by molar-refractivity contribution is -0.138. The van der Waals surface area contributed by atoms with Gasteiger partial charge in [0.15, 0.2) is 0 Å². The predicted molar refractivity (Wildman–Crippen MR) is 155 cm³/mol. The molecule has 43 heavy (non-hydrogen) atoms. The Morgan fingerprint density at radius 2 is 1.72 bits per heavy atom. The van der Waals surface area contributed by atoms with Crippen LogP contribution < -0.4 is 5.73 Å². The summed E-state index contributed by atoms with van der Waals surface area (Å²) in [4.78, 5) is 38.8. The summed E-state index contributed by atoms with van der Waals surface area (Å²) in [5.74, 6) is -0.602. The van der Waals surface area contributed by atoms with E-state index in [1.165, 1.54) is 0 Å². The van der Waals surface area contributed by atoms with Crippen LogP contribution >= 0.6 is 0 Å². The molecule has 1 aromatic carbocycles. The second-order valence-corrected chi connectivity index (χ2v) is 12.0. The third kappa shape index (κ3) is 8.52. The van der Waals surface area contributed by atoms with Crippen LogP contribution in [-0.2, 0) is 35.0 Å². The first-order valence-electron chi connectivity index (χ1n) is 14.4. The fraction of sp³-hybridized carbons (Fsp3) is 0.469. The number of amides is 2. The molecule has 2 N–H and O–H groups in total. The number of hydrogen-bond acceptors (Lipinski definition) is 6. The number of aromatic nitrogens is 3. The Morgan fingerprint density at radius 1 is 1.02 bits per heavy atom. The van der Waals surface area contributed by atoms with Gasteiger partial charge in [0.05, 0.1) is 17.2 Å². The van der Waals surface area contributed by atoms with Crippen molar-refractivity contribution in [1.29, 1.82) is 0 Å². The van der Waals surface area contributed by atoms with Crippen LogP contribution in [0.25, 0.3) is 0 Å². The first-order valence-corrected chi connectivity index (χ1v) is 14.4. The molecule has 2 aromatic heterocycles. The van der Waals surface area contributed by atoms with Gasteiger partial charge >= 0.3 is 12.3 Å². The Kier molecular flexibility index (Phi) is 9.72. The van der Waals surface area contributed by atoms with Gasteiger partial charge in [-0.1, -0.05) is 30.3 Å². The van der Waals surface area contributed by atoms with Gasteiger partial charge in [0.2, 0.25) is 5.91 Å². The molecule has 0 bridgehead atoms. The number of halogens is 3. The fourth-order valence-electron chi connectivity index (χ4n) is 5.21. The van der Waals surface area contributed by atoms with Crippen molar-refractivity contribution in [3.05, 3.63) is 88.3 Å². The van der Waals surface area contributed by atoms with Crippen molar-refractivity contribution in [1.82, 2.24) is 19.9 Å². The molecule has 2 amide bonds. The summed E-state index contributed by atoms with van der Waals surface area (Å²) in [6.07, 6.45) is -0.331. The van der Waals surface area contributed by atoms with Gasteiger partial charge in [0.1, 0.15) is 11.4 Å². The van der Waals surface area contributed by atoms with Crippen LogP contribution in [0.2, 0.25) is 0 Å². The van der Waals surface area contributed by atoms with E-state index in [1.807, 2.05) is 32.9 Å². The number of carbonyl (C=O) groups excluding carboxylic acids is 2. The number of rotatable bonds is 8. The maximum absolute atomic E-state index is 13.8. The van der Waals surface area contributed by atoms with Gasteiger partial charge < -0.3 is 15.4 Å². The van der Waals surface area contributed by atoms with Crippen LogP contribution in [0, 0.1) is 0 Å². The molecule has 0 spiro atoms. The first kappa shape index (κ1) is 31.9. The van der Waals surface area contributed by atoms with E-state index in [4.69, 9.17) is 10.5 Å². The molecule has 1 aliphatic heterocycles. The van der Waals surface area contributed by atoms with E-state index in [9.17, 15) is 22.8 Å². The highest BCUT2D eigenvalue weighted by atomic mass is 19.4. The number of pyridine rings is 1. The molecule has 0 saturated carbocycles. The number of piperidine rings is 1. The molecule has 1 fully saturated rings. The second kappa shape index (κ2) is 13.1. The summed E-state index contributed by atoms with van der Waals surface area (Å²) in [7, 11) is 0. The highest BCUT2D eigenvalue weighted by Gasteiger charge is 2.35. The van der Waals surface area contributed by atoms with Crippen molar-refractivity contribution in [3.63, 3.8) is 0 Å². The van der Waals surface area contributed by atoms with E-state index in [0.717, 1.165) is 35.9 Å². The van der Waals surface area contributed by atoms with Gasteiger partial charge in [-0.2, -0.15) is 13.2 Å². The lowest BCUT2D eigenvalue weighted by Crippen LogP contribution is -2.41. The molecule has 11 heteroatoms. The van der Waals surface area contributed by atoms with E-state index in [2.05, 4.69) is 15.0 Å². The minimum absolute atomic E-state index is 0.0199. The summed E-state index contributed by atoms with van der Waals surface area (Å²) >= 11 is 0. The maximum atomic E-state index is 13.8. The number of nitrogens with zero attached hydrogens (tertiary/aromatic N) is 4. The van der Waals surface area contributed by atoms with Crippen LogP contribution in [0.1, 0.15) is 91.8 Å². The fourth-order valence-corrected chi connectivity index (χ4v) is 5.21. The summed E-state index contributed by atoms with van der Waals surface area (Å²) < 4.78 is 47.0. The Bertz CT molecular complexity index is 1430. The third-order valence-electron chi connectivity index (χ3n) is 7.58. The van der Waals surface area contributed by atoms with E-state index >= 15 is 0 Å². The number of primary amides is 1. The maximum Gasteiger partial charge on any atom is 0.419 e. The predicted octanol–water partition coefficient (Wildman–Crippen LogP) is 5.97. The normalized spacial score (nSPS) is 15.3. The molecule has 230 valence electrons. The monoisotopic (exact) mass is 597 g/mol. The van der Waals surface area contributed by atoms with Crippen LogP contribution in [0.15, 0.2) is 48.8 Å². The van der Waals surface area contributed by atoms with Crippen molar-refractivity contribution in [2.75, 3.05) is 13.1 Å². The molecule has 4 rings (SSSR count). The first-order chi connectivity index (χ1) is 20.2. The zero-order chi connectivity index (χ0) is 31.4.